The summed E-state index contributed by atoms with van der Waals surface area (Å²) < 4.78 is 1.61. The van der Waals surface area contributed by atoms with Crippen LogP contribution in [0.25, 0.3) is 5.52 Å². The number of aromatic nitrogens is 2. The van der Waals surface area contributed by atoms with E-state index >= 15 is 0 Å². The third-order valence-electron chi connectivity index (χ3n) is 6.25. The molecule has 3 heterocycles. The lowest BCUT2D eigenvalue weighted by molar-refractivity contribution is 0.0702. The van der Waals surface area contributed by atoms with E-state index in [1.165, 1.54) is 5.56 Å². The Kier molecular flexibility index (Phi) is 7.08. The first-order chi connectivity index (χ1) is 15.9. The molecule has 0 spiro atoms. The number of piperidine rings is 1. The first-order valence-corrected chi connectivity index (χ1v) is 11.8. The van der Waals surface area contributed by atoms with Crippen molar-refractivity contribution in [2.24, 2.45) is 11.7 Å². The van der Waals surface area contributed by atoms with E-state index < -0.39 is 0 Å². The molecule has 2 atom stereocenters. The summed E-state index contributed by atoms with van der Waals surface area (Å²) in [5.74, 6) is 0.451. The number of fused-ring (bicyclic) bond motifs is 1. The molecule has 4 rings (SSSR count). The predicted molar refractivity (Wildman–Crippen MR) is 129 cm³/mol. The van der Waals surface area contributed by atoms with Crippen LogP contribution in [-0.4, -0.2) is 52.0 Å². The number of rotatable bonds is 7. The minimum atomic E-state index is -0.163. The third kappa shape index (κ3) is 5.42. The molecule has 1 saturated heterocycles. The molecule has 1 unspecified atom stereocenters. The van der Waals surface area contributed by atoms with E-state index in [-0.39, 0.29) is 23.8 Å². The standard InChI is InChI=1S/C26H33N5O2/c1-18(2)14-20(19-8-4-3-5-9-19)16-28-25(32)22-11-7-13-31-24(22)15-23(29-31)26(33)30-12-6-10-21(27)17-30/h3-5,7-9,11,13,15,18,20-21H,6,10,12,14,16-17,27H2,1-2H3,(H,28,32)/t20?,21-/m1/s1. The van der Waals surface area contributed by atoms with Crippen molar-refractivity contribution < 1.29 is 9.59 Å². The number of hydrogen-bond acceptors (Lipinski definition) is 4. The summed E-state index contributed by atoms with van der Waals surface area (Å²) in [6.07, 6.45) is 4.57. The van der Waals surface area contributed by atoms with Crippen molar-refractivity contribution in [2.45, 2.75) is 45.1 Å². The van der Waals surface area contributed by atoms with Crippen LogP contribution in [0.5, 0.6) is 0 Å². The fourth-order valence-corrected chi connectivity index (χ4v) is 4.61. The fourth-order valence-electron chi connectivity index (χ4n) is 4.61. The Morgan fingerprint density at radius 1 is 1.18 bits per heavy atom. The molecular formula is C26H33N5O2. The van der Waals surface area contributed by atoms with Gasteiger partial charge in [0.15, 0.2) is 5.69 Å². The van der Waals surface area contributed by atoms with Crippen LogP contribution in [-0.2, 0) is 0 Å². The molecule has 1 aliphatic heterocycles. The molecule has 0 bridgehead atoms. The van der Waals surface area contributed by atoms with E-state index in [1.54, 1.807) is 33.8 Å². The molecule has 33 heavy (non-hydrogen) atoms. The van der Waals surface area contributed by atoms with Gasteiger partial charge in [-0.05, 0) is 48.9 Å². The van der Waals surface area contributed by atoms with Crippen molar-refractivity contribution in [3.05, 3.63) is 71.5 Å². The van der Waals surface area contributed by atoms with Crippen LogP contribution in [0.2, 0.25) is 0 Å². The van der Waals surface area contributed by atoms with Gasteiger partial charge in [0, 0.05) is 37.8 Å². The Morgan fingerprint density at radius 2 is 1.97 bits per heavy atom. The number of nitrogens with one attached hydrogen (secondary N) is 1. The summed E-state index contributed by atoms with van der Waals surface area (Å²) in [5.41, 5.74) is 8.73. The second kappa shape index (κ2) is 10.2. The summed E-state index contributed by atoms with van der Waals surface area (Å²) in [5, 5.41) is 7.55. The Morgan fingerprint density at radius 3 is 2.70 bits per heavy atom. The van der Waals surface area contributed by atoms with Gasteiger partial charge in [0.05, 0.1) is 11.1 Å². The molecule has 174 valence electrons. The van der Waals surface area contributed by atoms with Crippen LogP contribution in [0.4, 0.5) is 0 Å². The minimum absolute atomic E-state index is 0.00414. The fraction of sp³-hybridized carbons (Fsp3) is 0.423. The maximum absolute atomic E-state index is 13.1. The highest BCUT2D eigenvalue weighted by atomic mass is 16.2. The van der Waals surface area contributed by atoms with Gasteiger partial charge < -0.3 is 16.0 Å². The number of benzene rings is 1. The van der Waals surface area contributed by atoms with Crippen LogP contribution >= 0.6 is 0 Å². The van der Waals surface area contributed by atoms with Crippen LogP contribution in [0, 0.1) is 5.92 Å². The van der Waals surface area contributed by atoms with E-state index in [2.05, 4.69) is 36.4 Å². The van der Waals surface area contributed by atoms with Crippen LogP contribution < -0.4 is 11.1 Å². The van der Waals surface area contributed by atoms with Crippen molar-refractivity contribution in [3.8, 4) is 0 Å². The maximum Gasteiger partial charge on any atom is 0.274 e. The molecule has 7 heteroatoms. The summed E-state index contributed by atoms with van der Waals surface area (Å²) in [6, 6.07) is 15.6. The topological polar surface area (TPSA) is 92.7 Å². The largest absolute Gasteiger partial charge is 0.351 e. The highest BCUT2D eigenvalue weighted by Gasteiger charge is 2.25. The number of carbonyl (C=O) groups is 2. The first-order valence-electron chi connectivity index (χ1n) is 11.8. The van der Waals surface area contributed by atoms with Crippen LogP contribution in [0.3, 0.4) is 0 Å². The molecule has 7 nitrogen and oxygen atoms in total. The lowest BCUT2D eigenvalue weighted by atomic mass is 9.90. The number of carbonyl (C=O) groups excluding carboxylic acids is 2. The molecule has 0 saturated carbocycles. The van der Waals surface area contributed by atoms with Crippen molar-refractivity contribution in [3.63, 3.8) is 0 Å². The molecule has 1 fully saturated rings. The monoisotopic (exact) mass is 447 g/mol. The summed E-state index contributed by atoms with van der Waals surface area (Å²) in [4.78, 5) is 27.9. The van der Waals surface area contributed by atoms with Gasteiger partial charge in [0.2, 0.25) is 0 Å². The third-order valence-corrected chi connectivity index (χ3v) is 6.25. The molecule has 3 aromatic rings. The highest BCUT2D eigenvalue weighted by Crippen LogP contribution is 2.23. The van der Waals surface area contributed by atoms with E-state index in [4.69, 9.17) is 5.73 Å². The Balaban J connectivity index is 1.51. The van der Waals surface area contributed by atoms with Gasteiger partial charge in [-0.1, -0.05) is 44.2 Å². The zero-order chi connectivity index (χ0) is 23.4. The van der Waals surface area contributed by atoms with Crippen LogP contribution in [0.15, 0.2) is 54.7 Å². The van der Waals surface area contributed by atoms with Crippen LogP contribution in [0.1, 0.15) is 65.4 Å². The van der Waals surface area contributed by atoms with Crippen molar-refractivity contribution >= 4 is 17.3 Å². The lowest BCUT2D eigenvalue weighted by Crippen LogP contribution is -2.45. The molecule has 3 N–H and O–H groups in total. The minimum Gasteiger partial charge on any atom is -0.351 e. The van der Waals surface area contributed by atoms with Gasteiger partial charge >= 0.3 is 0 Å². The van der Waals surface area contributed by atoms with E-state index in [9.17, 15) is 9.59 Å². The quantitative estimate of drug-likeness (QED) is 0.580. The normalized spacial score (nSPS) is 17.3. The summed E-state index contributed by atoms with van der Waals surface area (Å²) in [7, 11) is 0. The number of nitrogens with zero attached hydrogens (tertiary/aromatic N) is 3. The zero-order valence-electron chi connectivity index (χ0n) is 19.4. The van der Waals surface area contributed by atoms with E-state index in [0.29, 0.717) is 42.3 Å². The van der Waals surface area contributed by atoms with E-state index in [1.807, 2.05) is 18.2 Å². The molecule has 0 radical (unpaired) electrons. The number of pyridine rings is 1. The van der Waals surface area contributed by atoms with Gasteiger partial charge in [-0.15, -0.1) is 0 Å². The van der Waals surface area contributed by atoms with Crippen molar-refractivity contribution in [1.82, 2.24) is 19.8 Å². The molecule has 1 aliphatic rings. The van der Waals surface area contributed by atoms with Gasteiger partial charge in [-0.25, -0.2) is 4.52 Å². The number of nitrogens with two attached hydrogens (primary N) is 1. The SMILES string of the molecule is CC(C)CC(CNC(=O)c1cccn2nc(C(=O)N3CCC[C@@H](N)C3)cc12)c1ccccc1. The molecule has 1 aromatic carbocycles. The average Bonchev–Trinajstić information content (AvgIpc) is 3.26. The second-order valence-electron chi connectivity index (χ2n) is 9.38. The van der Waals surface area contributed by atoms with Gasteiger partial charge in [-0.3, -0.25) is 9.59 Å². The molecule has 0 aliphatic carbocycles. The first kappa shape index (κ1) is 23.0. The van der Waals surface area contributed by atoms with Gasteiger partial charge in [0.25, 0.3) is 11.8 Å². The smallest absolute Gasteiger partial charge is 0.274 e. The maximum atomic E-state index is 13.1. The summed E-state index contributed by atoms with van der Waals surface area (Å²) in [6.45, 7) is 6.16. The zero-order valence-corrected chi connectivity index (χ0v) is 19.4. The second-order valence-corrected chi connectivity index (χ2v) is 9.38. The Bertz CT molecular complexity index is 1110. The van der Waals surface area contributed by atoms with Gasteiger partial charge in [0.1, 0.15) is 0 Å². The molecule has 2 aromatic heterocycles. The molecular weight excluding hydrogens is 414 g/mol. The Hall–Kier alpha value is -3.19. The summed E-state index contributed by atoms with van der Waals surface area (Å²) >= 11 is 0. The predicted octanol–water partition coefficient (Wildman–Crippen LogP) is 3.46. The van der Waals surface area contributed by atoms with E-state index in [0.717, 1.165) is 19.3 Å². The number of amides is 2. The molecule has 2 amide bonds. The average molecular weight is 448 g/mol. The van der Waals surface area contributed by atoms with Crippen molar-refractivity contribution in [2.75, 3.05) is 19.6 Å². The van der Waals surface area contributed by atoms with Crippen molar-refractivity contribution in [1.29, 1.82) is 0 Å². The van der Waals surface area contributed by atoms with Gasteiger partial charge in [-0.2, -0.15) is 5.10 Å². The lowest BCUT2D eigenvalue weighted by Gasteiger charge is -2.30. The number of likely N-dealkylation sites (tertiary alicyclic amines) is 1. The Labute approximate surface area is 195 Å². The highest BCUT2D eigenvalue weighted by molar-refractivity contribution is 6.02. The number of hydrogen-bond donors (Lipinski definition) is 2.